The Morgan fingerprint density at radius 1 is 1.21 bits per heavy atom. The lowest BCUT2D eigenvalue weighted by Gasteiger charge is -2.37. The van der Waals surface area contributed by atoms with Crippen molar-refractivity contribution in [2.24, 2.45) is 0 Å². The zero-order valence-electron chi connectivity index (χ0n) is 9.58. The van der Waals surface area contributed by atoms with Crippen LogP contribution in [0.4, 0.5) is 0 Å². The van der Waals surface area contributed by atoms with Crippen molar-refractivity contribution in [3.8, 4) is 0 Å². The van der Waals surface area contributed by atoms with Gasteiger partial charge in [-0.05, 0) is 19.9 Å². The minimum Gasteiger partial charge on any atom is -0.395 e. The summed E-state index contributed by atoms with van der Waals surface area (Å²) < 4.78 is 0. The first-order valence-electron chi connectivity index (χ1n) is 5.85. The summed E-state index contributed by atoms with van der Waals surface area (Å²) in [4.78, 5) is 4.91. The molecule has 1 fully saturated rings. The first-order valence-corrected chi connectivity index (χ1v) is 5.85. The molecule has 1 aliphatic rings. The third-order valence-corrected chi connectivity index (χ3v) is 3.12. The smallest absolute Gasteiger partial charge is 0.0584 e. The van der Waals surface area contributed by atoms with Gasteiger partial charge in [0.05, 0.1) is 6.61 Å². The number of hydrogen-bond donors (Lipinski definition) is 1. The number of rotatable bonds is 5. The van der Waals surface area contributed by atoms with Crippen LogP contribution < -0.4 is 0 Å². The highest BCUT2D eigenvalue weighted by molar-refractivity contribution is 4.75. The number of aliphatic hydroxyl groups is 1. The molecule has 0 aliphatic carbocycles. The van der Waals surface area contributed by atoms with E-state index in [-0.39, 0.29) is 6.61 Å². The Bertz CT molecular complexity index is 144. The molecule has 1 unspecified atom stereocenters. The Morgan fingerprint density at radius 3 is 2.36 bits per heavy atom. The Labute approximate surface area is 87.7 Å². The van der Waals surface area contributed by atoms with Crippen LogP contribution >= 0.6 is 0 Å². The summed E-state index contributed by atoms with van der Waals surface area (Å²) in [6, 6.07) is 0.336. The molecule has 1 heterocycles. The van der Waals surface area contributed by atoms with E-state index in [2.05, 4.69) is 23.6 Å². The van der Waals surface area contributed by atoms with Gasteiger partial charge in [-0.2, -0.15) is 0 Å². The Balaban J connectivity index is 2.17. The summed E-state index contributed by atoms with van der Waals surface area (Å²) in [5, 5.41) is 9.04. The molecule has 0 amide bonds. The fourth-order valence-corrected chi connectivity index (χ4v) is 1.92. The topological polar surface area (TPSA) is 26.7 Å². The number of aliphatic hydroxyl groups excluding tert-OH is 1. The Kier molecular flexibility index (Phi) is 5.45. The van der Waals surface area contributed by atoms with Crippen LogP contribution in [0.3, 0.4) is 0 Å². The van der Waals surface area contributed by atoms with Crippen molar-refractivity contribution in [3.63, 3.8) is 0 Å². The molecular weight excluding hydrogens is 176 g/mol. The first kappa shape index (κ1) is 12.0. The predicted octanol–water partition coefficient (Wildman–Crippen LogP) is 0.785. The lowest BCUT2D eigenvalue weighted by molar-refractivity contribution is 0.0728. The lowest BCUT2D eigenvalue weighted by Crippen LogP contribution is -2.50. The molecule has 84 valence electrons. The third-order valence-electron chi connectivity index (χ3n) is 3.12. The predicted molar refractivity (Wildman–Crippen MR) is 59.5 cm³/mol. The van der Waals surface area contributed by atoms with Gasteiger partial charge in [0.15, 0.2) is 0 Å². The van der Waals surface area contributed by atoms with Crippen LogP contribution in [0.15, 0.2) is 0 Å². The van der Waals surface area contributed by atoms with E-state index in [0.29, 0.717) is 6.04 Å². The summed E-state index contributed by atoms with van der Waals surface area (Å²) >= 11 is 0. The molecule has 1 atom stereocenters. The standard InChI is InChI=1S/C11H24N2O/c1-3-4-5-12-6-8-13(9-7-12)11(2)10-14/h11,14H,3-10H2,1-2H3. The number of nitrogens with zero attached hydrogens (tertiary/aromatic N) is 2. The summed E-state index contributed by atoms with van der Waals surface area (Å²) in [7, 11) is 0. The maximum Gasteiger partial charge on any atom is 0.0584 e. The highest BCUT2D eigenvalue weighted by atomic mass is 16.3. The molecule has 1 aliphatic heterocycles. The molecular formula is C11H24N2O. The van der Waals surface area contributed by atoms with Gasteiger partial charge >= 0.3 is 0 Å². The van der Waals surface area contributed by atoms with Crippen molar-refractivity contribution in [1.29, 1.82) is 0 Å². The summed E-state index contributed by atoms with van der Waals surface area (Å²) in [5.74, 6) is 0. The van der Waals surface area contributed by atoms with Gasteiger partial charge in [-0.25, -0.2) is 0 Å². The molecule has 3 nitrogen and oxygen atoms in total. The quantitative estimate of drug-likeness (QED) is 0.710. The number of piperazine rings is 1. The van der Waals surface area contributed by atoms with Crippen molar-refractivity contribution in [3.05, 3.63) is 0 Å². The van der Waals surface area contributed by atoms with E-state index >= 15 is 0 Å². The normalized spacial score (nSPS) is 22.5. The van der Waals surface area contributed by atoms with E-state index in [0.717, 1.165) is 13.1 Å². The Hall–Kier alpha value is -0.120. The van der Waals surface area contributed by atoms with Gasteiger partial charge in [-0.15, -0.1) is 0 Å². The average molecular weight is 200 g/mol. The van der Waals surface area contributed by atoms with E-state index in [1.165, 1.54) is 32.5 Å². The summed E-state index contributed by atoms with van der Waals surface area (Å²) in [5.41, 5.74) is 0. The van der Waals surface area contributed by atoms with Crippen LogP contribution in [0.1, 0.15) is 26.7 Å². The molecule has 0 bridgehead atoms. The van der Waals surface area contributed by atoms with Crippen LogP contribution in [0.5, 0.6) is 0 Å². The van der Waals surface area contributed by atoms with Crippen LogP contribution in [-0.2, 0) is 0 Å². The second kappa shape index (κ2) is 6.38. The van der Waals surface area contributed by atoms with Crippen molar-refractivity contribution in [1.82, 2.24) is 9.80 Å². The molecule has 14 heavy (non-hydrogen) atoms. The molecule has 0 radical (unpaired) electrons. The van der Waals surface area contributed by atoms with Crippen LogP contribution in [0, 0.1) is 0 Å². The SMILES string of the molecule is CCCCN1CCN(C(C)CO)CC1. The molecule has 3 heteroatoms. The molecule has 0 saturated carbocycles. The van der Waals surface area contributed by atoms with Crippen LogP contribution in [0.25, 0.3) is 0 Å². The van der Waals surface area contributed by atoms with E-state index in [1.807, 2.05) is 0 Å². The fourth-order valence-electron chi connectivity index (χ4n) is 1.92. The largest absolute Gasteiger partial charge is 0.395 e. The Morgan fingerprint density at radius 2 is 1.86 bits per heavy atom. The van der Waals surface area contributed by atoms with Gasteiger partial charge in [0.2, 0.25) is 0 Å². The van der Waals surface area contributed by atoms with Gasteiger partial charge < -0.3 is 10.0 Å². The van der Waals surface area contributed by atoms with Gasteiger partial charge in [-0.3, -0.25) is 4.90 Å². The van der Waals surface area contributed by atoms with E-state index in [9.17, 15) is 0 Å². The highest BCUT2D eigenvalue weighted by Crippen LogP contribution is 2.06. The van der Waals surface area contributed by atoms with Crippen molar-refractivity contribution in [2.45, 2.75) is 32.7 Å². The molecule has 0 aromatic heterocycles. The molecule has 0 aromatic carbocycles. The van der Waals surface area contributed by atoms with E-state index < -0.39 is 0 Å². The molecule has 1 N–H and O–H groups in total. The van der Waals surface area contributed by atoms with Crippen molar-refractivity contribution < 1.29 is 5.11 Å². The average Bonchev–Trinajstić information content (AvgIpc) is 2.26. The monoisotopic (exact) mass is 200 g/mol. The second-order valence-corrected chi connectivity index (χ2v) is 4.26. The number of hydrogen-bond acceptors (Lipinski definition) is 3. The lowest BCUT2D eigenvalue weighted by atomic mass is 10.2. The van der Waals surface area contributed by atoms with Crippen LogP contribution in [-0.4, -0.2) is 60.3 Å². The minimum absolute atomic E-state index is 0.287. The zero-order valence-corrected chi connectivity index (χ0v) is 9.58. The van der Waals surface area contributed by atoms with Crippen molar-refractivity contribution >= 4 is 0 Å². The second-order valence-electron chi connectivity index (χ2n) is 4.26. The van der Waals surface area contributed by atoms with Crippen LogP contribution in [0.2, 0.25) is 0 Å². The first-order chi connectivity index (χ1) is 6.77. The fraction of sp³-hybridized carbons (Fsp3) is 1.00. The maximum absolute atomic E-state index is 9.04. The third kappa shape index (κ3) is 3.56. The molecule has 1 saturated heterocycles. The minimum atomic E-state index is 0.287. The zero-order chi connectivity index (χ0) is 10.4. The van der Waals surface area contributed by atoms with E-state index in [1.54, 1.807) is 0 Å². The molecule has 0 aromatic rings. The van der Waals surface area contributed by atoms with Crippen molar-refractivity contribution in [2.75, 3.05) is 39.3 Å². The number of unbranched alkanes of at least 4 members (excludes halogenated alkanes) is 1. The van der Waals surface area contributed by atoms with Gasteiger partial charge in [0.25, 0.3) is 0 Å². The van der Waals surface area contributed by atoms with Gasteiger partial charge in [0, 0.05) is 32.2 Å². The van der Waals surface area contributed by atoms with Gasteiger partial charge in [-0.1, -0.05) is 13.3 Å². The summed E-state index contributed by atoms with van der Waals surface area (Å²) in [6.07, 6.45) is 2.60. The summed E-state index contributed by atoms with van der Waals surface area (Å²) in [6.45, 7) is 10.4. The molecule has 0 spiro atoms. The van der Waals surface area contributed by atoms with E-state index in [4.69, 9.17) is 5.11 Å². The van der Waals surface area contributed by atoms with Gasteiger partial charge in [0.1, 0.15) is 0 Å². The molecule has 1 rings (SSSR count). The maximum atomic E-state index is 9.04. The highest BCUT2D eigenvalue weighted by Gasteiger charge is 2.19.